The number of aromatic nitrogens is 2. The van der Waals surface area contributed by atoms with Crippen LogP contribution in [0.1, 0.15) is 18.9 Å². The molecule has 2 heteroatoms. The first-order valence-electron chi connectivity index (χ1n) is 6.98. The first-order valence-corrected chi connectivity index (χ1v) is 6.98. The van der Waals surface area contributed by atoms with Gasteiger partial charge in [0.15, 0.2) is 0 Å². The van der Waals surface area contributed by atoms with Crippen LogP contribution in [0.15, 0.2) is 54.7 Å². The van der Waals surface area contributed by atoms with E-state index in [0.717, 1.165) is 29.9 Å². The Bertz CT molecular complexity index is 683. The van der Waals surface area contributed by atoms with Gasteiger partial charge in [0.2, 0.25) is 0 Å². The number of hydrogen-bond donors (Lipinski definition) is 1. The summed E-state index contributed by atoms with van der Waals surface area (Å²) >= 11 is 0. The molecule has 0 atom stereocenters. The van der Waals surface area contributed by atoms with Gasteiger partial charge in [0.25, 0.3) is 0 Å². The molecule has 0 aliphatic carbocycles. The molecule has 1 radical (unpaired) electrons. The van der Waals surface area contributed by atoms with Crippen molar-refractivity contribution in [2.45, 2.75) is 19.8 Å². The van der Waals surface area contributed by atoms with Crippen LogP contribution >= 0.6 is 0 Å². The lowest BCUT2D eigenvalue weighted by atomic mass is 10.0. The molecule has 3 aromatic rings. The van der Waals surface area contributed by atoms with Gasteiger partial charge in [0, 0.05) is 11.1 Å². The van der Waals surface area contributed by atoms with Crippen molar-refractivity contribution >= 4 is 0 Å². The maximum absolute atomic E-state index is 4.49. The van der Waals surface area contributed by atoms with E-state index in [2.05, 4.69) is 41.2 Å². The van der Waals surface area contributed by atoms with Crippen LogP contribution in [0, 0.1) is 6.07 Å². The quantitative estimate of drug-likeness (QED) is 0.736. The van der Waals surface area contributed by atoms with E-state index in [0.29, 0.717) is 0 Å². The molecule has 0 saturated heterocycles. The van der Waals surface area contributed by atoms with E-state index in [1.165, 1.54) is 11.1 Å². The third-order valence-electron chi connectivity index (χ3n) is 3.39. The topological polar surface area (TPSA) is 28.7 Å². The van der Waals surface area contributed by atoms with Crippen molar-refractivity contribution in [2.24, 2.45) is 0 Å². The van der Waals surface area contributed by atoms with E-state index < -0.39 is 0 Å². The van der Waals surface area contributed by atoms with Crippen LogP contribution in [-0.2, 0) is 6.42 Å². The van der Waals surface area contributed by atoms with Crippen LogP contribution in [0.2, 0.25) is 0 Å². The molecule has 2 aromatic carbocycles. The molecule has 99 valence electrons. The molecule has 0 spiro atoms. The van der Waals surface area contributed by atoms with Gasteiger partial charge < -0.3 is 4.98 Å². The summed E-state index contributed by atoms with van der Waals surface area (Å²) < 4.78 is 0. The van der Waals surface area contributed by atoms with Gasteiger partial charge >= 0.3 is 0 Å². The molecule has 1 heterocycles. The SMILES string of the molecule is CCCc1cc[c]cc1-c1cnc(-c2ccccc2)[nH]1. The molecule has 0 fully saturated rings. The van der Waals surface area contributed by atoms with Crippen LogP contribution in [0.3, 0.4) is 0 Å². The smallest absolute Gasteiger partial charge is 0.137 e. The van der Waals surface area contributed by atoms with Gasteiger partial charge in [-0.3, -0.25) is 0 Å². The minimum absolute atomic E-state index is 0.909. The standard InChI is InChI=1S/C18H17N2/c1-2-8-14-9-6-7-12-16(14)17-13-19-18(20-17)15-10-4-3-5-11-15/h3-6,9-13H,2,8H2,1H3,(H,19,20). The molecule has 0 aliphatic rings. The number of nitrogens with one attached hydrogen (secondary N) is 1. The first kappa shape index (κ1) is 12.7. The molecular weight excluding hydrogens is 244 g/mol. The average molecular weight is 261 g/mol. The van der Waals surface area contributed by atoms with E-state index in [9.17, 15) is 0 Å². The zero-order valence-electron chi connectivity index (χ0n) is 11.6. The molecular formula is C18H17N2. The Morgan fingerprint density at radius 3 is 2.80 bits per heavy atom. The lowest BCUT2D eigenvalue weighted by molar-refractivity contribution is 0.923. The van der Waals surface area contributed by atoms with Gasteiger partial charge in [0.1, 0.15) is 5.82 Å². The van der Waals surface area contributed by atoms with Crippen LogP contribution in [0.25, 0.3) is 22.6 Å². The van der Waals surface area contributed by atoms with E-state index in [1.54, 1.807) is 0 Å². The molecule has 0 bridgehead atoms. The highest BCUT2D eigenvalue weighted by molar-refractivity contribution is 5.67. The van der Waals surface area contributed by atoms with Gasteiger partial charge in [-0.25, -0.2) is 4.98 Å². The predicted molar refractivity (Wildman–Crippen MR) is 82.3 cm³/mol. The van der Waals surface area contributed by atoms with Crippen molar-refractivity contribution in [1.82, 2.24) is 9.97 Å². The second kappa shape index (κ2) is 5.74. The number of aryl methyl sites for hydroxylation is 1. The Morgan fingerprint density at radius 2 is 2.00 bits per heavy atom. The Labute approximate surface area is 119 Å². The molecule has 0 unspecified atom stereocenters. The lowest BCUT2D eigenvalue weighted by Crippen LogP contribution is -1.89. The Kier molecular flexibility index (Phi) is 3.64. The molecule has 20 heavy (non-hydrogen) atoms. The maximum atomic E-state index is 4.49. The number of hydrogen-bond acceptors (Lipinski definition) is 1. The monoisotopic (exact) mass is 261 g/mol. The van der Waals surface area contributed by atoms with E-state index in [4.69, 9.17) is 0 Å². The Morgan fingerprint density at radius 1 is 1.15 bits per heavy atom. The number of benzene rings is 2. The third-order valence-corrected chi connectivity index (χ3v) is 3.39. The second-order valence-electron chi connectivity index (χ2n) is 4.84. The first-order chi connectivity index (χ1) is 9.88. The Balaban J connectivity index is 1.98. The van der Waals surface area contributed by atoms with Crippen molar-refractivity contribution in [3.8, 4) is 22.6 Å². The highest BCUT2D eigenvalue weighted by Gasteiger charge is 2.08. The Hall–Kier alpha value is -2.35. The van der Waals surface area contributed by atoms with Crippen molar-refractivity contribution in [3.05, 3.63) is 66.4 Å². The molecule has 1 aromatic heterocycles. The minimum Gasteiger partial charge on any atom is -0.338 e. The molecule has 0 saturated carbocycles. The largest absolute Gasteiger partial charge is 0.338 e. The third kappa shape index (κ3) is 2.50. The normalized spacial score (nSPS) is 10.7. The van der Waals surface area contributed by atoms with Crippen molar-refractivity contribution in [1.29, 1.82) is 0 Å². The van der Waals surface area contributed by atoms with Crippen LogP contribution in [0.5, 0.6) is 0 Å². The number of rotatable bonds is 4. The summed E-state index contributed by atoms with van der Waals surface area (Å²) in [4.78, 5) is 7.91. The maximum Gasteiger partial charge on any atom is 0.137 e. The number of H-pyrrole nitrogens is 1. The van der Waals surface area contributed by atoms with E-state index in [1.807, 2.05) is 36.5 Å². The highest BCUT2D eigenvalue weighted by Crippen LogP contribution is 2.25. The van der Waals surface area contributed by atoms with Gasteiger partial charge in [0.05, 0.1) is 11.9 Å². The summed E-state index contributed by atoms with van der Waals surface area (Å²) in [5.41, 5.74) is 4.71. The molecule has 1 N–H and O–H groups in total. The average Bonchev–Trinajstić information content (AvgIpc) is 2.99. The minimum atomic E-state index is 0.909. The number of aromatic amines is 1. The lowest BCUT2D eigenvalue weighted by Gasteiger charge is -2.06. The summed E-state index contributed by atoms with van der Waals surface area (Å²) in [6.07, 6.45) is 4.12. The summed E-state index contributed by atoms with van der Waals surface area (Å²) in [6, 6.07) is 19.5. The molecule has 0 amide bonds. The fraction of sp³-hybridized carbons (Fsp3) is 0.167. The second-order valence-corrected chi connectivity index (χ2v) is 4.84. The van der Waals surface area contributed by atoms with Crippen molar-refractivity contribution < 1.29 is 0 Å². The number of imidazole rings is 1. The van der Waals surface area contributed by atoms with Crippen molar-refractivity contribution in [3.63, 3.8) is 0 Å². The van der Waals surface area contributed by atoms with Gasteiger partial charge in [-0.15, -0.1) is 0 Å². The summed E-state index contributed by atoms with van der Waals surface area (Å²) in [5.74, 6) is 0.909. The van der Waals surface area contributed by atoms with E-state index in [-0.39, 0.29) is 0 Å². The zero-order valence-corrected chi connectivity index (χ0v) is 11.6. The molecule has 2 nitrogen and oxygen atoms in total. The van der Waals surface area contributed by atoms with Crippen LogP contribution in [0.4, 0.5) is 0 Å². The molecule has 3 rings (SSSR count). The van der Waals surface area contributed by atoms with E-state index >= 15 is 0 Å². The fourth-order valence-electron chi connectivity index (χ4n) is 2.40. The van der Waals surface area contributed by atoms with Gasteiger partial charge in [-0.2, -0.15) is 0 Å². The van der Waals surface area contributed by atoms with Crippen molar-refractivity contribution in [2.75, 3.05) is 0 Å². The molecule has 0 aliphatic heterocycles. The van der Waals surface area contributed by atoms with Crippen LogP contribution < -0.4 is 0 Å². The highest BCUT2D eigenvalue weighted by atomic mass is 14.9. The van der Waals surface area contributed by atoms with Crippen LogP contribution in [-0.4, -0.2) is 9.97 Å². The summed E-state index contributed by atoms with van der Waals surface area (Å²) in [6.45, 7) is 2.20. The van der Waals surface area contributed by atoms with Gasteiger partial charge in [-0.05, 0) is 24.1 Å². The summed E-state index contributed by atoms with van der Waals surface area (Å²) in [7, 11) is 0. The summed E-state index contributed by atoms with van der Waals surface area (Å²) in [5, 5.41) is 0. The van der Waals surface area contributed by atoms with Gasteiger partial charge in [-0.1, -0.05) is 55.8 Å². The fourth-order valence-corrected chi connectivity index (χ4v) is 2.40. The predicted octanol–water partition coefficient (Wildman–Crippen LogP) is 4.50. The number of nitrogens with zero attached hydrogens (tertiary/aromatic N) is 1. The zero-order chi connectivity index (χ0) is 13.8.